The Morgan fingerprint density at radius 2 is 2.04 bits per heavy atom. The number of nitrogens with one attached hydrogen (secondary N) is 1. The Morgan fingerprint density at radius 3 is 2.74 bits per heavy atom. The lowest BCUT2D eigenvalue weighted by atomic mass is 10.0. The number of amides is 2. The first-order valence-corrected chi connectivity index (χ1v) is 9.92. The van der Waals surface area contributed by atoms with Gasteiger partial charge < -0.3 is 15.0 Å². The zero-order chi connectivity index (χ0) is 19.6. The van der Waals surface area contributed by atoms with Crippen LogP contribution in [0.3, 0.4) is 0 Å². The largest absolute Gasteiger partial charge is 0.490 e. The van der Waals surface area contributed by atoms with E-state index in [-0.39, 0.29) is 17.9 Å². The molecule has 1 fully saturated rings. The lowest BCUT2D eigenvalue weighted by Gasteiger charge is -2.40. The molecule has 1 saturated heterocycles. The number of hydrogen-bond donors (Lipinski definition) is 1. The van der Waals surface area contributed by atoms with E-state index in [1.165, 1.54) is 5.56 Å². The maximum atomic E-state index is 12.6. The lowest BCUT2D eigenvalue weighted by Crippen LogP contribution is -2.58. The van der Waals surface area contributed by atoms with Crippen LogP contribution < -0.4 is 10.1 Å². The van der Waals surface area contributed by atoms with Crippen molar-refractivity contribution < 1.29 is 14.3 Å². The van der Waals surface area contributed by atoms with Crippen molar-refractivity contribution in [2.24, 2.45) is 5.92 Å². The number of carbonyl (C=O) groups excluding carboxylic acids is 2. The van der Waals surface area contributed by atoms with Crippen LogP contribution in [0, 0.1) is 5.92 Å². The summed E-state index contributed by atoms with van der Waals surface area (Å²) in [6.07, 6.45) is 0.564. The molecule has 2 amide bonds. The van der Waals surface area contributed by atoms with E-state index in [9.17, 15) is 9.59 Å². The molecule has 27 heavy (non-hydrogen) atoms. The van der Waals surface area contributed by atoms with Crippen LogP contribution in [0.5, 0.6) is 5.75 Å². The number of fused-ring (bicyclic) bond motifs is 2. The summed E-state index contributed by atoms with van der Waals surface area (Å²) in [5.74, 6) is 1.58. The summed E-state index contributed by atoms with van der Waals surface area (Å²) in [5, 5.41) is 3.00. The fourth-order valence-electron chi connectivity index (χ4n) is 3.65. The van der Waals surface area contributed by atoms with Crippen molar-refractivity contribution in [1.29, 1.82) is 0 Å². The van der Waals surface area contributed by atoms with Gasteiger partial charge in [0.2, 0.25) is 11.8 Å². The highest BCUT2D eigenvalue weighted by Crippen LogP contribution is 2.30. The van der Waals surface area contributed by atoms with Crippen LogP contribution in [0.4, 0.5) is 5.69 Å². The Morgan fingerprint density at radius 1 is 1.26 bits per heavy atom. The highest BCUT2D eigenvalue weighted by Gasteiger charge is 2.32. The third-order valence-corrected chi connectivity index (χ3v) is 5.26. The SMILES string of the molecule is CC(C)CC(=O)N1CCN2CC(=O)Nc3cc(C(C)C)ccc3OC[C@@H]2C1. The molecule has 148 valence electrons. The first-order chi connectivity index (χ1) is 12.8. The van der Waals surface area contributed by atoms with Gasteiger partial charge in [0.1, 0.15) is 12.4 Å². The van der Waals surface area contributed by atoms with Gasteiger partial charge in [0.05, 0.1) is 18.3 Å². The van der Waals surface area contributed by atoms with E-state index in [0.29, 0.717) is 56.8 Å². The van der Waals surface area contributed by atoms with E-state index in [1.807, 2.05) is 23.1 Å². The fourth-order valence-corrected chi connectivity index (χ4v) is 3.65. The molecule has 0 radical (unpaired) electrons. The van der Waals surface area contributed by atoms with Gasteiger partial charge in [-0.1, -0.05) is 33.8 Å². The number of ether oxygens (including phenoxy) is 1. The molecule has 2 aliphatic heterocycles. The van der Waals surface area contributed by atoms with Gasteiger partial charge in [0.25, 0.3) is 0 Å². The van der Waals surface area contributed by atoms with Crippen molar-refractivity contribution in [2.75, 3.05) is 38.1 Å². The number of anilines is 1. The second kappa shape index (κ2) is 8.30. The van der Waals surface area contributed by atoms with Crippen LogP contribution in [0.15, 0.2) is 18.2 Å². The number of hydrogen-bond acceptors (Lipinski definition) is 4. The van der Waals surface area contributed by atoms with E-state index in [1.54, 1.807) is 0 Å². The fraction of sp³-hybridized carbons (Fsp3) is 0.619. The molecule has 0 spiro atoms. The Bertz CT molecular complexity index is 702. The van der Waals surface area contributed by atoms with Crippen molar-refractivity contribution in [2.45, 2.75) is 46.1 Å². The van der Waals surface area contributed by atoms with Crippen molar-refractivity contribution in [3.63, 3.8) is 0 Å². The molecule has 1 N–H and O–H groups in total. The second-order valence-electron chi connectivity index (χ2n) is 8.33. The summed E-state index contributed by atoms with van der Waals surface area (Å²) in [7, 11) is 0. The third kappa shape index (κ3) is 4.80. The smallest absolute Gasteiger partial charge is 0.238 e. The van der Waals surface area contributed by atoms with Crippen LogP contribution >= 0.6 is 0 Å². The van der Waals surface area contributed by atoms with Crippen molar-refractivity contribution in [1.82, 2.24) is 9.80 Å². The molecule has 0 aliphatic carbocycles. The van der Waals surface area contributed by atoms with Gasteiger partial charge in [0, 0.05) is 26.1 Å². The Kier molecular flexibility index (Phi) is 6.05. The summed E-state index contributed by atoms with van der Waals surface area (Å²) < 4.78 is 6.08. The summed E-state index contributed by atoms with van der Waals surface area (Å²) in [5.41, 5.74) is 1.90. The highest BCUT2D eigenvalue weighted by molar-refractivity contribution is 5.94. The van der Waals surface area contributed by atoms with E-state index in [2.05, 4.69) is 37.9 Å². The van der Waals surface area contributed by atoms with Gasteiger partial charge in [-0.05, 0) is 29.5 Å². The van der Waals surface area contributed by atoms with Gasteiger partial charge in [-0.25, -0.2) is 0 Å². The number of carbonyl (C=O) groups is 2. The van der Waals surface area contributed by atoms with Gasteiger partial charge in [-0.15, -0.1) is 0 Å². The van der Waals surface area contributed by atoms with Gasteiger partial charge >= 0.3 is 0 Å². The molecule has 1 aromatic rings. The average Bonchev–Trinajstić information content (AvgIpc) is 2.66. The van der Waals surface area contributed by atoms with Crippen LogP contribution in [0.2, 0.25) is 0 Å². The molecule has 0 bridgehead atoms. The minimum Gasteiger partial charge on any atom is -0.490 e. The number of piperazine rings is 1. The number of benzene rings is 1. The molecule has 1 aromatic carbocycles. The summed E-state index contributed by atoms with van der Waals surface area (Å²) in [4.78, 5) is 29.1. The quantitative estimate of drug-likeness (QED) is 0.885. The Balaban J connectivity index is 1.76. The normalized spacial score (nSPS) is 20.9. The van der Waals surface area contributed by atoms with Crippen LogP contribution in [-0.2, 0) is 9.59 Å². The number of nitrogens with zero attached hydrogens (tertiary/aromatic N) is 2. The topological polar surface area (TPSA) is 61.9 Å². The zero-order valence-electron chi connectivity index (χ0n) is 16.8. The first-order valence-electron chi connectivity index (χ1n) is 9.92. The Labute approximate surface area is 161 Å². The highest BCUT2D eigenvalue weighted by atomic mass is 16.5. The van der Waals surface area contributed by atoms with Crippen LogP contribution in [-0.4, -0.2) is 60.4 Å². The molecule has 0 saturated carbocycles. The molecule has 2 heterocycles. The predicted molar refractivity (Wildman–Crippen MR) is 106 cm³/mol. The standard InChI is InChI=1S/C21H31N3O3/c1-14(2)9-21(26)24-8-7-23-12-20(25)22-18-10-16(15(3)4)5-6-19(18)27-13-17(23)11-24/h5-6,10,14-15,17H,7-9,11-13H2,1-4H3,(H,22,25)/t17-/m0/s1. The first kappa shape index (κ1) is 19.7. The van der Waals surface area contributed by atoms with E-state index < -0.39 is 0 Å². The van der Waals surface area contributed by atoms with Crippen molar-refractivity contribution >= 4 is 17.5 Å². The zero-order valence-corrected chi connectivity index (χ0v) is 16.8. The molecule has 3 rings (SSSR count). The van der Waals surface area contributed by atoms with Crippen LogP contribution in [0.25, 0.3) is 0 Å². The third-order valence-electron chi connectivity index (χ3n) is 5.26. The van der Waals surface area contributed by atoms with E-state index >= 15 is 0 Å². The molecular formula is C21H31N3O3. The molecule has 0 aromatic heterocycles. The molecular weight excluding hydrogens is 342 g/mol. The van der Waals surface area contributed by atoms with Gasteiger partial charge in [0.15, 0.2) is 0 Å². The van der Waals surface area contributed by atoms with Gasteiger partial charge in [-0.3, -0.25) is 14.5 Å². The second-order valence-corrected chi connectivity index (χ2v) is 8.33. The molecule has 2 aliphatic rings. The molecule has 6 heteroatoms. The van der Waals surface area contributed by atoms with E-state index in [0.717, 1.165) is 5.69 Å². The van der Waals surface area contributed by atoms with E-state index in [4.69, 9.17) is 4.74 Å². The van der Waals surface area contributed by atoms with Crippen LogP contribution in [0.1, 0.15) is 45.6 Å². The number of rotatable bonds is 3. The summed E-state index contributed by atoms with van der Waals surface area (Å²) >= 11 is 0. The van der Waals surface area contributed by atoms with Crippen molar-refractivity contribution in [3.05, 3.63) is 23.8 Å². The van der Waals surface area contributed by atoms with Gasteiger partial charge in [-0.2, -0.15) is 0 Å². The summed E-state index contributed by atoms with van der Waals surface area (Å²) in [6, 6.07) is 6.01. The maximum Gasteiger partial charge on any atom is 0.238 e. The minimum atomic E-state index is -0.0328. The van der Waals surface area contributed by atoms with Crippen molar-refractivity contribution in [3.8, 4) is 5.75 Å². The monoisotopic (exact) mass is 373 g/mol. The molecule has 0 unspecified atom stereocenters. The predicted octanol–water partition coefficient (Wildman–Crippen LogP) is 2.70. The molecule has 6 nitrogen and oxygen atoms in total. The maximum absolute atomic E-state index is 12.6. The lowest BCUT2D eigenvalue weighted by molar-refractivity contribution is -0.135. The Hall–Kier alpha value is -2.08. The molecule has 1 atom stereocenters. The average molecular weight is 373 g/mol. The minimum absolute atomic E-state index is 0.0244. The summed E-state index contributed by atoms with van der Waals surface area (Å²) in [6.45, 7) is 11.1.